The summed E-state index contributed by atoms with van der Waals surface area (Å²) in [4.78, 5) is 14.9. The minimum atomic E-state index is -0.491. The molecule has 0 saturated carbocycles. The van der Waals surface area contributed by atoms with Crippen molar-refractivity contribution >= 4 is 5.91 Å². The predicted molar refractivity (Wildman–Crippen MR) is 22.1 cm³/mol. The molecule has 40 valence electrons. The minimum Gasteiger partial charge on any atom is -0.318 e. The maximum absolute atomic E-state index is 10.4. The summed E-state index contributed by atoms with van der Waals surface area (Å²) >= 11 is 0. The van der Waals surface area contributed by atoms with Gasteiger partial charge in [0, 0.05) is 0 Å². The van der Waals surface area contributed by atoms with Gasteiger partial charge in [0.25, 0.3) is 5.91 Å². The lowest BCUT2D eigenvalue weighted by Gasteiger charge is -1.87. The number of hydroxylamine groups is 1. The van der Waals surface area contributed by atoms with Crippen LogP contribution in [0.3, 0.4) is 0 Å². The summed E-state index contributed by atoms with van der Waals surface area (Å²) in [6, 6.07) is -0.491. The van der Waals surface area contributed by atoms with Gasteiger partial charge in [-0.25, -0.2) is 5.48 Å². The van der Waals surface area contributed by atoms with Gasteiger partial charge in [0.2, 0.25) is 0 Å². The third-order valence-electron chi connectivity index (χ3n) is 0.739. The Bertz CT molecular complexity index is 107. The summed E-state index contributed by atoms with van der Waals surface area (Å²) < 4.78 is 6.54. The normalized spacial score (nSPS) is 32.3. The molecule has 1 saturated heterocycles. The number of nitrogens with one attached hydrogen (secondary N) is 1. The van der Waals surface area contributed by atoms with Gasteiger partial charge in [-0.2, -0.15) is 0 Å². The standard InChI is InChI=1S/C3H6N2O2/c4-2-1-7-5-3(2)6/h2H,1,4H2,(H,5,6)/i/hD. The summed E-state index contributed by atoms with van der Waals surface area (Å²) in [7, 11) is 0. The van der Waals surface area contributed by atoms with E-state index < -0.39 is 6.04 Å². The van der Waals surface area contributed by atoms with Crippen LogP contribution in [-0.2, 0) is 9.63 Å². The highest BCUT2D eigenvalue weighted by Gasteiger charge is 2.19. The Morgan fingerprint density at radius 2 is 3.14 bits per heavy atom. The molecular weight excluding hydrogens is 96.0 g/mol. The van der Waals surface area contributed by atoms with Crippen LogP contribution in [0.15, 0.2) is 0 Å². The SMILES string of the molecule is [2H]NC1CONC1=O. The van der Waals surface area contributed by atoms with Crippen LogP contribution < -0.4 is 11.2 Å². The summed E-state index contributed by atoms with van der Waals surface area (Å²) in [5.74, 6) is -0.278. The minimum absolute atomic E-state index is 0.238. The Labute approximate surface area is 42.0 Å². The second-order valence-corrected chi connectivity index (χ2v) is 1.33. The van der Waals surface area contributed by atoms with Crippen molar-refractivity contribution in [1.29, 1.82) is 0 Å². The number of carbonyl (C=O) groups excluding carboxylic acids is 1. The lowest BCUT2D eigenvalue weighted by atomic mass is 10.3. The highest BCUT2D eigenvalue weighted by molar-refractivity contribution is 5.81. The van der Waals surface area contributed by atoms with Crippen molar-refractivity contribution in [2.75, 3.05) is 6.61 Å². The average molecular weight is 103 g/mol. The molecule has 0 aliphatic carbocycles. The Morgan fingerprint density at radius 3 is 3.43 bits per heavy atom. The number of hydrogen-bond acceptors (Lipinski definition) is 3. The Morgan fingerprint density at radius 1 is 2.29 bits per heavy atom. The van der Waals surface area contributed by atoms with E-state index in [1.54, 1.807) is 0 Å². The van der Waals surface area contributed by atoms with Crippen molar-refractivity contribution in [1.82, 2.24) is 5.48 Å². The molecule has 1 heterocycles. The van der Waals surface area contributed by atoms with Gasteiger partial charge >= 0.3 is 0 Å². The Hall–Kier alpha value is -0.610. The van der Waals surface area contributed by atoms with E-state index in [1.165, 1.54) is 0 Å². The maximum atomic E-state index is 10.4. The molecule has 1 atom stereocenters. The third kappa shape index (κ3) is 0.703. The van der Waals surface area contributed by atoms with Crippen molar-refractivity contribution in [3.63, 3.8) is 0 Å². The van der Waals surface area contributed by atoms with Crippen molar-refractivity contribution in [3.05, 3.63) is 0 Å². The first-order valence-electron chi connectivity index (χ1n) is 2.43. The molecule has 1 amide bonds. The van der Waals surface area contributed by atoms with Crippen LogP contribution in [-0.4, -0.2) is 18.6 Å². The quantitative estimate of drug-likeness (QED) is 0.419. The highest BCUT2D eigenvalue weighted by atomic mass is 16.7. The molecule has 1 unspecified atom stereocenters. The molecule has 4 nitrogen and oxygen atoms in total. The molecule has 0 spiro atoms. The average Bonchev–Trinajstić information content (AvgIpc) is 2.14. The van der Waals surface area contributed by atoms with Crippen LogP contribution >= 0.6 is 0 Å². The van der Waals surface area contributed by atoms with Gasteiger partial charge < -0.3 is 5.73 Å². The zero-order valence-electron chi connectivity index (χ0n) is 4.60. The predicted octanol–water partition coefficient (Wildman–Crippen LogP) is -1.62. The van der Waals surface area contributed by atoms with E-state index in [-0.39, 0.29) is 12.5 Å². The van der Waals surface area contributed by atoms with Gasteiger partial charge in [-0.05, 0) is 0 Å². The van der Waals surface area contributed by atoms with Crippen LogP contribution in [0, 0.1) is 0 Å². The third-order valence-corrected chi connectivity index (χ3v) is 0.739. The van der Waals surface area contributed by atoms with Gasteiger partial charge in [0.1, 0.15) is 7.45 Å². The largest absolute Gasteiger partial charge is 0.318 e. The first-order chi connectivity index (χ1) is 3.84. The van der Waals surface area contributed by atoms with Crippen LogP contribution in [0.5, 0.6) is 0 Å². The molecule has 1 aliphatic rings. The van der Waals surface area contributed by atoms with E-state index in [1.807, 2.05) is 5.73 Å². The van der Waals surface area contributed by atoms with Crippen LogP contribution in [0.25, 0.3) is 0 Å². The van der Waals surface area contributed by atoms with Gasteiger partial charge in [0.15, 0.2) is 0 Å². The second-order valence-electron chi connectivity index (χ2n) is 1.33. The first-order valence-corrected chi connectivity index (χ1v) is 1.93. The lowest BCUT2D eigenvalue weighted by molar-refractivity contribution is -0.124. The second kappa shape index (κ2) is 1.48. The molecule has 0 aromatic rings. The molecule has 1 aliphatic heterocycles. The van der Waals surface area contributed by atoms with Gasteiger partial charge in [-0.15, -0.1) is 0 Å². The fourth-order valence-electron chi connectivity index (χ4n) is 0.343. The van der Waals surface area contributed by atoms with Crippen molar-refractivity contribution in [2.45, 2.75) is 6.04 Å². The maximum Gasteiger partial charge on any atom is 0.262 e. The molecule has 0 bridgehead atoms. The van der Waals surface area contributed by atoms with E-state index in [2.05, 4.69) is 10.3 Å². The van der Waals surface area contributed by atoms with Gasteiger partial charge in [0.05, 0.1) is 6.61 Å². The highest BCUT2D eigenvalue weighted by Crippen LogP contribution is 1.87. The summed E-state index contributed by atoms with van der Waals surface area (Å²) in [5.41, 5.74) is 4.13. The van der Waals surface area contributed by atoms with E-state index in [9.17, 15) is 4.79 Å². The smallest absolute Gasteiger partial charge is 0.262 e. The number of rotatable bonds is 1. The van der Waals surface area contributed by atoms with Crippen LogP contribution in [0.2, 0.25) is 1.41 Å². The van der Waals surface area contributed by atoms with Crippen LogP contribution in [0.4, 0.5) is 0 Å². The van der Waals surface area contributed by atoms with Crippen LogP contribution in [0.1, 0.15) is 0 Å². The topological polar surface area (TPSA) is 64.3 Å². The summed E-state index contributed by atoms with van der Waals surface area (Å²) in [6.45, 7) is 0.238. The molecule has 0 aromatic heterocycles. The summed E-state index contributed by atoms with van der Waals surface area (Å²) in [6.07, 6.45) is 0. The zero-order chi connectivity index (χ0) is 5.98. The van der Waals surface area contributed by atoms with E-state index in [0.29, 0.717) is 0 Å². The fourth-order valence-corrected chi connectivity index (χ4v) is 0.343. The molecule has 1 rings (SSSR count). The number of nitrogens with two attached hydrogens (primary N) is 1. The molecule has 3 N–H and O–H groups in total. The van der Waals surface area contributed by atoms with E-state index in [4.69, 9.17) is 1.41 Å². The lowest BCUT2D eigenvalue weighted by Crippen LogP contribution is -2.31. The molecular formula is C3H6N2O2. The van der Waals surface area contributed by atoms with Crippen molar-refractivity contribution in [2.24, 2.45) is 5.73 Å². The molecule has 0 aromatic carbocycles. The monoisotopic (exact) mass is 103 g/mol. The summed E-state index contributed by atoms with van der Waals surface area (Å²) in [5, 5.41) is 0. The molecule has 0 radical (unpaired) electrons. The van der Waals surface area contributed by atoms with Crippen molar-refractivity contribution in [3.8, 4) is 0 Å². The fraction of sp³-hybridized carbons (Fsp3) is 0.667. The molecule has 7 heavy (non-hydrogen) atoms. The van der Waals surface area contributed by atoms with E-state index in [0.717, 1.165) is 0 Å². The molecule has 1 fully saturated rings. The van der Waals surface area contributed by atoms with Gasteiger partial charge in [-0.1, -0.05) is 0 Å². The number of amides is 1. The first kappa shape index (κ1) is 3.40. The number of hydrogen-bond donors (Lipinski definition) is 2. The van der Waals surface area contributed by atoms with E-state index >= 15 is 0 Å². The van der Waals surface area contributed by atoms with Gasteiger partial charge in [-0.3, -0.25) is 9.63 Å². The zero-order valence-corrected chi connectivity index (χ0v) is 3.60. The molecule has 4 heteroatoms. The Kier molecular flexibility index (Phi) is 0.717. The Balaban J connectivity index is 2.42. The van der Waals surface area contributed by atoms with Crippen molar-refractivity contribution < 1.29 is 11.0 Å². The number of carbonyl (C=O) groups is 1.